The van der Waals surface area contributed by atoms with Crippen molar-refractivity contribution >= 4 is 45.7 Å². The molecule has 2 aromatic carbocycles. The SMILES string of the molecule is C=C[C@@H]1C[C@]1(NC(=O)[C@@H]1C[C@@H](Oc2cc(-c3ccccc3)nc3cc(OC)ccc23)CN1C(=O)[C@@H](NC(=O)OC(C)(C)C)C(C)(C)C)C(=O)NS(=O)C(C)(C)C. The number of carbonyl (C=O) groups is 4. The zero-order chi connectivity index (χ0) is 41.4. The molecule has 3 aromatic rings. The van der Waals surface area contributed by atoms with E-state index < -0.39 is 80.2 Å². The van der Waals surface area contributed by atoms with Crippen molar-refractivity contribution < 1.29 is 37.6 Å². The molecule has 14 heteroatoms. The predicted octanol–water partition coefficient (Wildman–Crippen LogP) is 5.84. The van der Waals surface area contributed by atoms with Gasteiger partial charge in [0.15, 0.2) is 0 Å². The molecule has 0 radical (unpaired) electrons. The third-order valence-corrected chi connectivity index (χ3v) is 11.2. The number of fused-ring (bicyclic) bond motifs is 1. The van der Waals surface area contributed by atoms with Crippen molar-refractivity contribution in [2.45, 2.75) is 109 Å². The van der Waals surface area contributed by atoms with Gasteiger partial charge in [0.25, 0.3) is 5.91 Å². The number of benzene rings is 2. The molecule has 2 fully saturated rings. The van der Waals surface area contributed by atoms with Crippen LogP contribution < -0.4 is 24.8 Å². The fourth-order valence-electron chi connectivity index (χ4n) is 6.62. The Balaban J connectivity index is 1.52. The van der Waals surface area contributed by atoms with Crippen LogP contribution in [0.4, 0.5) is 4.79 Å². The number of alkyl carbamates (subject to hydrolysis) is 1. The topological polar surface area (TPSA) is 165 Å². The second-order valence-electron chi connectivity index (χ2n) is 17.5. The average molecular weight is 790 g/mol. The van der Waals surface area contributed by atoms with Gasteiger partial charge in [0.05, 0.1) is 29.6 Å². The Bertz CT molecular complexity index is 2020. The Labute approximate surface area is 331 Å². The highest BCUT2D eigenvalue weighted by Crippen LogP contribution is 2.45. The van der Waals surface area contributed by atoms with Gasteiger partial charge in [0.2, 0.25) is 11.8 Å². The molecule has 302 valence electrons. The summed E-state index contributed by atoms with van der Waals surface area (Å²) in [4.78, 5) is 62.2. The standard InChI is InChI=1S/C42H55N5O8S/c1-12-26-23-42(26,37(50)46-56(52)41(8,9)10)45-35(48)32-21-28(24-47(32)36(49)34(39(2,3)4)44-38(51)55-40(5,6)7)54-33-22-30(25-16-14-13-15-17-25)43-31-20-27(53-11)18-19-29(31)33/h12-20,22,26,28,32,34H,1,21,23-24H2,2-11H3,(H,44,51)(H,45,48)(H,46,50)/t26-,28-,32+,34-,42-,56?/m1/s1. The maximum absolute atomic E-state index is 14.7. The molecule has 2 aliphatic rings. The largest absolute Gasteiger partial charge is 0.497 e. The van der Waals surface area contributed by atoms with Crippen LogP contribution in [0, 0.1) is 11.3 Å². The Morgan fingerprint density at radius 1 is 1.00 bits per heavy atom. The normalized spacial score (nSPS) is 22.0. The lowest BCUT2D eigenvalue weighted by Gasteiger charge is -2.36. The second-order valence-corrected chi connectivity index (χ2v) is 19.5. The first-order chi connectivity index (χ1) is 26.1. The highest BCUT2D eigenvalue weighted by Gasteiger charge is 2.61. The lowest BCUT2D eigenvalue weighted by molar-refractivity contribution is -0.143. The summed E-state index contributed by atoms with van der Waals surface area (Å²) in [7, 11) is -0.167. The summed E-state index contributed by atoms with van der Waals surface area (Å²) >= 11 is 0. The Hall–Kier alpha value is -4.98. The number of ether oxygens (including phenoxy) is 3. The van der Waals surface area contributed by atoms with Crippen molar-refractivity contribution in [2.24, 2.45) is 11.3 Å². The van der Waals surface area contributed by atoms with E-state index in [1.165, 1.54) is 4.90 Å². The molecule has 0 spiro atoms. The minimum Gasteiger partial charge on any atom is -0.497 e. The van der Waals surface area contributed by atoms with Crippen LogP contribution in [0.5, 0.6) is 11.5 Å². The van der Waals surface area contributed by atoms with Crippen LogP contribution >= 0.6 is 0 Å². The Morgan fingerprint density at radius 2 is 1.68 bits per heavy atom. The molecular formula is C42H55N5O8S. The van der Waals surface area contributed by atoms with E-state index >= 15 is 0 Å². The van der Waals surface area contributed by atoms with E-state index in [-0.39, 0.29) is 19.4 Å². The molecule has 1 aliphatic carbocycles. The molecule has 6 atom stereocenters. The van der Waals surface area contributed by atoms with Gasteiger partial charge < -0.3 is 29.7 Å². The first-order valence-corrected chi connectivity index (χ1v) is 19.9. The number of methoxy groups -OCH3 is 1. The van der Waals surface area contributed by atoms with Gasteiger partial charge in [-0.3, -0.25) is 19.1 Å². The third-order valence-electron chi connectivity index (χ3n) is 9.76. The van der Waals surface area contributed by atoms with E-state index in [0.717, 1.165) is 5.56 Å². The van der Waals surface area contributed by atoms with Crippen molar-refractivity contribution in [3.63, 3.8) is 0 Å². The summed E-state index contributed by atoms with van der Waals surface area (Å²) in [5, 5.41) is 6.36. The molecule has 0 bridgehead atoms. The van der Waals surface area contributed by atoms with Crippen LogP contribution in [0.15, 0.2) is 67.3 Å². The van der Waals surface area contributed by atoms with Gasteiger partial charge >= 0.3 is 6.09 Å². The first kappa shape index (κ1) is 42.2. The molecule has 3 N–H and O–H groups in total. The molecule has 2 heterocycles. The quantitative estimate of drug-likeness (QED) is 0.203. The molecule has 1 aliphatic heterocycles. The number of aromatic nitrogens is 1. The average Bonchev–Trinajstić information content (AvgIpc) is 3.67. The first-order valence-electron chi connectivity index (χ1n) is 18.7. The van der Waals surface area contributed by atoms with Crippen molar-refractivity contribution in [3.8, 4) is 22.8 Å². The number of nitrogens with zero attached hydrogens (tertiary/aromatic N) is 2. The van der Waals surface area contributed by atoms with Crippen LogP contribution in [0.25, 0.3) is 22.2 Å². The maximum Gasteiger partial charge on any atom is 0.408 e. The number of hydrogen-bond donors (Lipinski definition) is 3. The van der Waals surface area contributed by atoms with Gasteiger partial charge in [-0.2, -0.15) is 0 Å². The van der Waals surface area contributed by atoms with Crippen LogP contribution in [0.1, 0.15) is 75.2 Å². The summed E-state index contributed by atoms with van der Waals surface area (Å²) in [6.45, 7) is 19.6. The number of likely N-dealkylation sites (tertiary alicyclic amines) is 1. The van der Waals surface area contributed by atoms with Crippen molar-refractivity contribution in [3.05, 3.63) is 67.3 Å². The van der Waals surface area contributed by atoms with Crippen LogP contribution in [0.2, 0.25) is 0 Å². The number of hydrogen-bond acceptors (Lipinski definition) is 9. The highest BCUT2D eigenvalue weighted by molar-refractivity contribution is 7.85. The van der Waals surface area contributed by atoms with Gasteiger partial charge in [-0.15, -0.1) is 6.58 Å². The van der Waals surface area contributed by atoms with Crippen molar-refractivity contribution in [1.29, 1.82) is 0 Å². The monoisotopic (exact) mass is 789 g/mol. The second kappa shape index (κ2) is 15.9. The van der Waals surface area contributed by atoms with E-state index in [1.807, 2.05) is 69.3 Å². The van der Waals surface area contributed by atoms with Gasteiger partial charge in [0.1, 0.15) is 51.8 Å². The number of rotatable bonds is 11. The Kier molecular flexibility index (Phi) is 12.0. The third kappa shape index (κ3) is 9.51. The summed E-state index contributed by atoms with van der Waals surface area (Å²) in [5.74, 6) is -1.03. The zero-order valence-corrected chi connectivity index (χ0v) is 34.8. The lowest BCUT2D eigenvalue weighted by atomic mass is 9.85. The maximum atomic E-state index is 14.7. The van der Waals surface area contributed by atoms with Crippen molar-refractivity contribution in [2.75, 3.05) is 13.7 Å². The minimum absolute atomic E-state index is 0.0156. The summed E-state index contributed by atoms with van der Waals surface area (Å²) in [5.41, 5.74) is -0.891. The summed E-state index contributed by atoms with van der Waals surface area (Å²) in [6.07, 6.45) is 0.417. The highest BCUT2D eigenvalue weighted by atomic mass is 32.2. The molecule has 1 saturated carbocycles. The molecule has 5 rings (SSSR count). The van der Waals surface area contributed by atoms with Crippen LogP contribution in [-0.2, 0) is 30.1 Å². The van der Waals surface area contributed by atoms with E-state index in [2.05, 4.69) is 21.9 Å². The van der Waals surface area contributed by atoms with E-state index in [0.29, 0.717) is 28.1 Å². The zero-order valence-electron chi connectivity index (χ0n) is 34.0. The van der Waals surface area contributed by atoms with Gasteiger partial charge in [-0.05, 0) is 65.5 Å². The van der Waals surface area contributed by atoms with Gasteiger partial charge in [0, 0.05) is 35.4 Å². The number of nitrogens with one attached hydrogen (secondary N) is 3. The lowest BCUT2D eigenvalue weighted by Crippen LogP contribution is -2.60. The van der Waals surface area contributed by atoms with Crippen LogP contribution in [-0.4, -0.2) is 85.6 Å². The van der Waals surface area contributed by atoms with E-state index in [4.69, 9.17) is 19.2 Å². The van der Waals surface area contributed by atoms with Crippen molar-refractivity contribution in [1.82, 2.24) is 25.2 Å². The molecule has 56 heavy (non-hydrogen) atoms. The molecule has 1 unspecified atom stereocenters. The van der Waals surface area contributed by atoms with E-state index in [9.17, 15) is 23.4 Å². The van der Waals surface area contributed by atoms with Gasteiger partial charge in [-0.25, -0.2) is 14.0 Å². The fraction of sp³-hybridized carbons (Fsp3) is 0.500. The smallest absolute Gasteiger partial charge is 0.408 e. The number of carbonyl (C=O) groups excluding carboxylic acids is 4. The van der Waals surface area contributed by atoms with E-state index in [1.54, 1.807) is 60.8 Å². The summed E-state index contributed by atoms with van der Waals surface area (Å²) in [6, 6.07) is 14.7. The summed E-state index contributed by atoms with van der Waals surface area (Å²) < 4.78 is 32.5. The number of amides is 4. The predicted molar refractivity (Wildman–Crippen MR) is 216 cm³/mol. The molecule has 1 saturated heterocycles. The minimum atomic E-state index is -1.74. The molecular weight excluding hydrogens is 735 g/mol. The van der Waals surface area contributed by atoms with Gasteiger partial charge in [-0.1, -0.05) is 57.2 Å². The fourth-order valence-corrected chi connectivity index (χ4v) is 7.27. The van der Waals surface area contributed by atoms with Crippen LogP contribution in [0.3, 0.4) is 0 Å². The molecule has 1 aromatic heterocycles. The molecule has 13 nitrogen and oxygen atoms in total. The Morgan fingerprint density at radius 3 is 2.25 bits per heavy atom. The molecule has 4 amide bonds. The number of pyridine rings is 1.